The highest BCUT2D eigenvalue weighted by Gasteiger charge is 2.06. The number of carbonyl (C=O) groups is 1. The van der Waals surface area contributed by atoms with Crippen molar-refractivity contribution in [2.45, 2.75) is 12.8 Å². The Morgan fingerprint density at radius 3 is 2.72 bits per heavy atom. The summed E-state index contributed by atoms with van der Waals surface area (Å²) in [5, 5.41) is 0. The summed E-state index contributed by atoms with van der Waals surface area (Å²) in [4.78, 5) is 13.2. The molecule has 2 aromatic rings. The summed E-state index contributed by atoms with van der Waals surface area (Å²) in [6.45, 7) is 0. The largest absolute Gasteiger partial charge is 0.464 e. The number of carbonyl (C=O) groups excluding carboxylic acids is 1. The number of hydrogen-bond acceptors (Lipinski definition) is 2. The summed E-state index contributed by atoms with van der Waals surface area (Å²) in [5.41, 5.74) is 2.20. The van der Waals surface area contributed by atoms with Crippen LogP contribution >= 0.6 is 0 Å². The lowest BCUT2D eigenvalue weighted by molar-refractivity contribution is -0.128. The van der Waals surface area contributed by atoms with Crippen LogP contribution in [-0.4, -0.2) is 24.9 Å². The first kappa shape index (κ1) is 12.4. The molecule has 0 unspecified atom stereocenters. The lowest BCUT2D eigenvalue weighted by Gasteiger charge is -2.10. The van der Waals surface area contributed by atoms with E-state index < -0.39 is 0 Å². The van der Waals surface area contributed by atoms with Crippen molar-refractivity contribution in [3.63, 3.8) is 0 Å². The van der Waals surface area contributed by atoms with E-state index in [4.69, 9.17) is 4.42 Å². The summed E-state index contributed by atoms with van der Waals surface area (Å²) >= 11 is 0. The Bertz CT molecular complexity index is 515. The van der Waals surface area contributed by atoms with E-state index in [1.165, 1.54) is 0 Å². The van der Waals surface area contributed by atoms with E-state index in [-0.39, 0.29) is 5.91 Å². The van der Waals surface area contributed by atoms with E-state index in [9.17, 15) is 4.79 Å². The van der Waals surface area contributed by atoms with E-state index >= 15 is 0 Å². The molecule has 3 nitrogen and oxygen atoms in total. The van der Waals surface area contributed by atoms with Gasteiger partial charge in [0.15, 0.2) is 0 Å². The summed E-state index contributed by atoms with van der Waals surface area (Å²) in [6.07, 6.45) is 2.96. The van der Waals surface area contributed by atoms with Crippen molar-refractivity contribution in [2.24, 2.45) is 0 Å². The monoisotopic (exact) mass is 243 g/mol. The topological polar surface area (TPSA) is 33.5 Å². The molecule has 0 aliphatic rings. The van der Waals surface area contributed by atoms with Crippen LogP contribution in [0.1, 0.15) is 12.0 Å². The Balaban J connectivity index is 2.06. The molecule has 1 aromatic heterocycles. The van der Waals surface area contributed by atoms with Crippen molar-refractivity contribution in [3.8, 4) is 11.3 Å². The molecule has 0 aliphatic carbocycles. The van der Waals surface area contributed by atoms with Gasteiger partial charge in [-0.1, -0.05) is 18.2 Å². The van der Waals surface area contributed by atoms with E-state index in [0.717, 1.165) is 23.3 Å². The predicted molar refractivity (Wildman–Crippen MR) is 71.2 cm³/mol. The molecule has 1 heterocycles. The maximum atomic E-state index is 11.5. The smallest absolute Gasteiger partial charge is 0.222 e. The minimum atomic E-state index is 0.151. The highest BCUT2D eigenvalue weighted by atomic mass is 16.3. The number of rotatable bonds is 4. The molecule has 0 atom stereocenters. The van der Waals surface area contributed by atoms with Gasteiger partial charge in [0.05, 0.1) is 6.26 Å². The van der Waals surface area contributed by atoms with Gasteiger partial charge < -0.3 is 9.32 Å². The summed E-state index contributed by atoms with van der Waals surface area (Å²) < 4.78 is 5.36. The standard InChI is InChI=1S/C15H17NO2/c1-16(2)15(17)9-8-12-5-3-6-13(11-12)14-7-4-10-18-14/h3-7,10-11H,8-9H2,1-2H3. The SMILES string of the molecule is CN(C)C(=O)CCc1cccc(-c2ccco2)c1. The lowest BCUT2D eigenvalue weighted by Crippen LogP contribution is -2.21. The average Bonchev–Trinajstić information content (AvgIpc) is 2.90. The van der Waals surface area contributed by atoms with Crippen LogP contribution in [0.2, 0.25) is 0 Å². The van der Waals surface area contributed by atoms with E-state index in [2.05, 4.69) is 6.07 Å². The molecule has 3 heteroatoms. The Morgan fingerprint density at radius 1 is 1.22 bits per heavy atom. The van der Waals surface area contributed by atoms with Gasteiger partial charge in [-0.25, -0.2) is 0 Å². The highest BCUT2D eigenvalue weighted by molar-refractivity contribution is 5.75. The molecule has 0 aliphatic heterocycles. The Labute approximate surface area is 107 Å². The third kappa shape index (κ3) is 3.00. The van der Waals surface area contributed by atoms with Gasteiger partial charge in [0.1, 0.15) is 5.76 Å². The molecule has 0 spiro atoms. The Hall–Kier alpha value is -2.03. The van der Waals surface area contributed by atoms with Gasteiger partial charge >= 0.3 is 0 Å². The second-order valence-corrected chi connectivity index (χ2v) is 4.47. The summed E-state index contributed by atoms with van der Waals surface area (Å²) in [6, 6.07) is 11.9. The maximum Gasteiger partial charge on any atom is 0.222 e. The van der Waals surface area contributed by atoms with Gasteiger partial charge in [-0.2, -0.15) is 0 Å². The molecule has 1 aromatic carbocycles. The van der Waals surface area contributed by atoms with Crippen molar-refractivity contribution < 1.29 is 9.21 Å². The molecule has 0 bridgehead atoms. The minimum absolute atomic E-state index is 0.151. The third-order valence-corrected chi connectivity index (χ3v) is 2.86. The highest BCUT2D eigenvalue weighted by Crippen LogP contribution is 2.21. The van der Waals surface area contributed by atoms with E-state index in [1.54, 1.807) is 25.3 Å². The van der Waals surface area contributed by atoms with Gasteiger partial charge in [-0.05, 0) is 30.2 Å². The summed E-state index contributed by atoms with van der Waals surface area (Å²) in [7, 11) is 3.56. The quantitative estimate of drug-likeness (QED) is 0.827. The van der Waals surface area contributed by atoms with Gasteiger partial charge in [-0.15, -0.1) is 0 Å². The van der Waals surface area contributed by atoms with Crippen LogP contribution < -0.4 is 0 Å². The van der Waals surface area contributed by atoms with Crippen molar-refractivity contribution in [3.05, 3.63) is 48.2 Å². The van der Waals surface area contributed by atoms with Gasteiger partial charge in [0.25, 0.3) is 0 Å². The number of amides is 1. The maximum absolute atomic E-state index is 11.5. The zero-order chi connectivity index (χ0) is 13.0. The molecular formula is C15H17NO2. The second-order valence-electron chi connectivity index (χ2n) is 4.47. The molecule has 0 saturated carbocycles. The first-order valence-electron chi connectivity index (χ1n) is 6.00. The summed E-state index contributed by atoms with van der Waals surface area (Å²) in [5.74, 6) is 1.01. The zero-order valence-corrected chi connectivity index (χ0v) is 10.7. The van der Waals surface area contributed by atoms with E-state index in [0.29, 0.717) is 6.42 Å². The van der Waals surface area contributed by atoms with E-state index in [1.807, 2.05) is 30.3 Å². The zero-order valence-electron chi connectivity index (χ0n) is 10.7. The molecule has 2 rings (SSSR count). The molecule has 0 fully saturated rings. The van der Waals surface area contributed by atoms with Crippen LogP contribution in [0.15, 0.2) is 47.1 Å². The van der Waals surface area contributed by atoms with Gasteiger partial charge in [0.2, 0.25) is 5.91 Å². The van der Waals surface area contributed by atoms with Gasteiger partial charge in [-0.3, -0.25) is 4.79 Å². The van der Waals surface area contributed by atoms with Crippen molar-refractivity contribution in [1.29, 1.82) is 0 Å². The molecular weight excluding hydrogens is 226 g/mol. The van der Waals surface area contributed by atoms with Crippen molar-refractivity contribution in [1.82, 2.24) is 4.90 Å². The first-order valence-corrected chi connectivity index (χ1v) is 6.00. The lowest BCUT2D eigenvalue weighted by atomic mass is 10.0. The van der Waals surface area contributed by atoms with Crippen LogP contribution in [0.5, 0.6) is 0 Å². The number of hydrogen-bond donors (Lipinski definition) is 0. The molecule has 0 radical (unpaired) electrons. The van der Waals surface area contributed by atoms with Crippen LogP contribution in [0.4, 0.5) is 0 Å². The van der Waals surface area contributed by atoms with Gasteiger partial charge in [0, 0.05) is 26.1 Å². The Kier molecular flexibility index (Phi) is 3.82. The van der Waals surface area contributed by atoms with Crippen LogP contribution in [0.3, 0.4) is 0 Å². The number of furan rings is 1. The molecule has 18 heavy (non-hydrogen) atoms. The number of benzene rings is 1. The fraction of sp³-hybridized carbons (Fsp3) is 0.267. The number of aryl methyl sites for hydroxylation is 1. The second kappa shape index (κ2) is 5.54. The molecule has 0 saturated heterocycles. The Morgan fingerprint density at radius 2 is 2.06 bits per heavy atom. The first-order chi connectivity index (χ1) is 8.66. The minimum Gasteiger partial charge on any atom is -0.464 e. The fourth-order valence-electron chi connectivity index (χ4n) is 1.80. The molecule has 0 N–H and O–H groups in total. The average molecular weight is 243 g/mol. The van der Waals surface area contributed by atoms with Crippen molar-refractivity contribution >= 4 is 5.91 Å². The van der Waals surface area contributed by atoms with Crippen LogP contribution in [0.25, 0.3) is 11.3 Å². The molecule has 1 amide bonds. The third-order valence-electron chi connectivity index (χ3n) is 2.86. The number of nitrogens with zero attached hydrogens (tertiary/aromatic N) is 1. The van der Waals surface area contributed by atoms with Crippen molar-refractivity contribution in [2.75, 3.05) is 14.1 Å². The predicted octanol–water partition coefficient (Wildman–Crippen LogP) is 2.97. The van der Waals surface area contributed by atoms with Crippen LogP contribution in [0, 0.1) is 0 Å². The molecule has 94 valence electrons. The fourth-order valence-corrected chi connectivity index (χ4v) is 1.80. The van der Waals surface area contributed by atoms with Crippen LogP contribution in [-0.2, 0) is 11.2 Å². The normalized spacial score (nSPS) is 10.3.